The van der Waals surface area contributed by atoms with E-state index in [1.54, 1.807) is 13.8 Å². The summed E-state index contributed by atoms with van der Waals surface area (Å²) in [4.78, 5) is 34.1. The van der Waals surface area contributed by atoms with Gasteiger partial charge in [-0.2, -0.15) is 0 Å². The molecule has 0 rings (SSSR count). The van der Waals surface area contributed by atoms with Crippen LogP contribution in [-0.4, -0.2) is 54.1 Å². The van der Waals surface area contributed by atoms with Crippen molar-refractivity contribution < 1.29 is 19.5 Å². The Labute approximate surface area is 93.8 Å². The first kappa shape index (κ1) is 14.4. The lowest BCUT2D eigenvalue weighted by Crippen LogP contribution is -2.46. The average molecular weight is 231 g/mol. The van der Waals surface area contributed by atoms with Gasteiger partial charge in [-0.3, -0.25) is 19.8 Å². The first-order valence-electron chi connectivity index (χ1n) is 4.84. The highest BCUT2D eigenvalue weighted by atomic mass is 16.4. The zero-order chi connectivity index (χ0) is 12.7. The Balaban J connectivity index is 4.23. The molecule has 0 spiro atoms. The molecule has 0 unspecified atom stereocenters. The molecule has 0 aromatic heterocycles. The van der Waals surface area contributed by atoms with Gasteiger partial charge >= 0.3 is 12.0 Å². The van der Waals surface area contributed by atoms with Gasteiger partial charge in [0.15, 0.2) is 0 Å². The molecular weight excluding hydrogens is 214 g/mol. The Morgan fingerprint density at radius 3 is 2.19 bits per heavy atom. The molecule has 0 saturated heterocycles. The summed E-state index contributed by atoms with van der Waals surface area (Å²) in [5.74, 6) is -1.55. The van der Waals surface area contributed by atoms with Crippen LogP contribution in [0.1, 0.15) is 13.8 Å². The second kappa shape index (κ2) is 6.78. The van der Waals surface area contributed by atoms with Crippen LogP contribution in [0, 0.1) is 0 Å². The highest BCUT2D eigenvalue weighted by molar-refractivity contribution is 5.95. The minimum absolute atomic E-state index is 0.0912. The number of rotatable bonds is 5. The highest BCUT2D eigenvalue weighted by Gasteiger charge is 2.17. The number of carbonyl (C=O) groups is 3. The molecule has 0 aliphatic carbocycles. The van der Waals surface area contributed by atoms with Crippen molar-refractivity contribution in [3.05, 3.63) is 0 Å². The first-order chi connectivity index (χ1) is 7.36. The third kappa shape index (κ3) is 5.97. The van der Waals surface area contributed by atoms with E-state index in [9.17, 15) is 14.4 Å². The van der Waals surface area contributed by atoms with Gasteiger partial charge in [-0.25, -0.2) is 4.79 Å². The lowest BCUT2D eigenvalue weighted by Gasteiger charge is -2.23. The van der Waals surface area contributed by atoms with Crippen molar-refractivity contribution in [2.75, 3.05) is 20.1 Å². The number of carboxylic acids is 1. The Kier molecular flexibility index (Phi) is 6.09. The van der Waals surface area contributed by atoms with Crippen molar-refractivity contribution in [1.82, 2.24) is 15.5 Å². The molecule has 0 atom stereocenters. The van der Waals surface area contributed by atoms with E-state index in [0.29, 0.717) is 0 Å². The van der Waals surface area contributed by atoms with Crippen molar-refractivity contribution in [3.63, 3.8) is 0 Å². The van der Waals surface area contributed by atoms with Crippen molar-refractivity contribution in [2.45, 2.75) is 19.9 Å². The van der Waals surface area contributed by atoms with E-state index < -0.39 is 17.9 Å². The maximum atomic E-state index is 11.3. The number of nitrogens with zero attached hydrogens (tertiary/aromatic N) is 1. The Morgan fingerprint density at radius 1 is 1.25 bits per heavy atom. The number of nitrogens with one attached hydrogen (secondary N) is 2. The number of aliphatic carboxylic acids is 1. The molecule has 0 heterocycles. The van der Waals surface area contributed by atoms with Crippen molar-refractivity contribution in [1.29, 1.82) is 0 Å². The standard InChI is InChI=1S/C9H17N3O4/c1-6(2)12(5-8(14)15)4-7(13)11-9(16)10-3/h6H,4-5H2,1-3H3,(H,14,15)(H2,10,11,13,16). The van der Waals surface area contributed by atoms with Crippen LogP contribution in [0.5, 0.6) is 0 Å². The molecule has 92 valence electrons. The third-order valence-electron chi connectivity index (χ3n) is 1.90. The fourth-order valence-electron chi connectivity index (χ4n) is 1.01. The third-order valence-corrected chi connectivity index (χ3v) is 1.90. The molecule has 0 aliphatic heterocycles. The van der Waals surface area contributed by atoms with Crippen molar-refractivity contribution in [3.8, 4) is 0 Å². The van der Waals surface area contributed by atoms with Gasteiger partial charge in [0.1, 0.15) is 0 Å². The molecule has 0 saturated carbocycles. The van der Waals surface area contributed by atoms with Gasteiger partial charge in [0.25, 0.3) is 0 Å². The topological polar surface area (TPSA) is 98.7 Å². The summed E-state index contributed by atoms with van der Waals surface area (Å²) in [7, 11) is 1.39. The van der Waals surface area contributed by atoms with Gasteiger partial charge in [0.05, 0.1) is 13.1 Å². The molecule has 0 bridgehead atoms. The second-order valence-electron chi connectivity index (χ2n) is 3.52. The van der Waals surface area contributed by atoms with Crippen LogP contribution in [-0.2, 0) is 9.59 Å². The number of carboxylic acid groups (broad SMARTS) is 1. The highest BCUT2D eigenvalue weighted by Crippen LogP contribution is 1.96. The number of carbonyl (C=O) groups excluding carboxylic acids is 2. The summed E-state index contributed by atoms with van der Waals surface area (Å²) in [5.41, 5.74) is 0. The van der Waals surface area contributed by atoms with Gasteiger partial charge in [0, 0.05) is 13.1 Å². The van der Waals surface area contributed by atoms with E-state index in [-0.39, 0.29) is 19.1 Å². The molecule has 7 nitrogen and oxygen atoms in total. The Morgan fingerprint density at radius 2 is 1.81 bits per heavy atom. The monoisotopic (exact) mass is 231 g/mol. The van der Waals surface area contributed by atoms with E-state index in [1.807, 2.05) is 0 Å². The van der Waals surface area contributed by atoms with E-state index in [2.05, 4.69) is 10.6 Å². The largest absolute Gasteiger partial charge is 0.480 e. The SMILES string of the molecule is CNC(=O)NC(=O)CN(CC(=O)O)C(C)C. The molecule has 16 heavy (non-hydrogen) atoms. The maximum Gasteiger partial charge on any atom is 0.321 e. The zero-order valence-corrected chi connectivity index (χ0v) is 9.61. The van der Waals surface area contributed by atoms with Gasteiger partial charge < -0.3 is 10.4 Å². The zero-order valence-electron chi connectivity index (χ0n) is 9.61. The van der Waals surface area contributed by atoms with E-state index in [4.69, 9.17) is 5.11 Å². The second-order valence-corrected chi connectivity index (χ2v) is 3.52. The summed E-state index contributed by atoms with van der Waals surface area (Å²) in [6, 6.07) is -0.699. The van der Waals surface area contributed by atoms with Crippen LogP contribution in [0.25, 0.3) is 0 Å². The Hall–Kier alpha value is -1.63. The summed E-state index contributed by atoms with van der Waals surface area (Å²) in [5, 5.41) is 12.9. The molecular formula is C9H17N3O4. The van der Waals surface area contributed by atoms with Crippen molar-refractivity contribution >= 4 is 17.9 Å². The van der Waals surface area contributed by atoms with Gasteiger partial charge in [0.2, 0.25) is 5.91 Å². The summed E-state index contributed by atoms with van der Waals surface area (Å²) < 4.78 is 0. The average Bonchev–Trinajstić information content (AvgIpc) is 2.15. The Bertz CT molecular complexity index is 278. The predicted molar refractivity (Wildman–Crippen MR) is 56.9 cm³/mol. The van der Waals surface area contributed by atoms with Crippen LogP contribution in [0.3, 0.4) is 0 Å². The number of imide groups is 1. The molecule has 3 N–H and O–H groups in total. The van der Waals surface area contributed by atoms with Crippen LogP contribution in [0.2, 0.25) is 0 Å². The lowest BCUT2D eigenvalue weighted by molar-refractivity contribution is -0.139. The van der Waals surface area contributed by atoms with E-state index in [0.717, 1.165) is 0 Å². The number of amides is 3. The number of urea groups is 1. The van der Waals surface area contributed by atoms with Crippen LogP contribution >= 0.6 is 0 Å². The molecule has 7 heteroatoms. The fourth-order valence-corrected chi connectivity index (χ4v) is 1.01. The molecule has 0 aromatic carbocycles. The fraction of sp³-hybridized carbons (Fsp3) is 0.667. The normalized spacial score (nSPS) is 10.3. The van der Waals surface area contributed by atoms with Crippen LogP contribution < -0.4 is 10.6 Å². The van der Waals surface area contributed by atoms with E-state index >= 15 is 0 Å². The summed E-state index contributed by atoms with van der Waals surface area (Å²) in [6.07, 6.45) is 0. The number of hydrogen-bond acceptors (Lipinski definition) is 4. The predicted octanol–water partition coefficient (Wildman–Crippen LogP) is -0.763. The summed E-state index contributed by atoms with van der Waals surface area (Å²) in [6.45, 7) is 3.18. The van der Waals surface area contributed by atoms with Gasteiger partial charge in [-0.05, 0) is 13.8 Å². The molecule has 0 fully saturated rings. The summed E-state index contributed by atoms with van der Waals surface area (Å²) >= 11 is 0. The quantitative estimate of drug-likeness (QED) is 0.577. The lowest BCUT2D eigenvalue weighted by atomic mass is 10.3. The number of hydrogen-bond donors (Lipinski definition) is 3. The van der Waals surface area contributed by atoms with Crippen molar-refractivity contribution in [2.24, 2.45) is 0 Å². The van der Waals surface area contributed by atoms with Gasteiger partial charge in [-0.15, -0.1) is 0 Å². The molecule has 0 aliphatic rings. The van der Waals surface area contributed by atoms with Crippen LogP contribution in [0.4, 0.5) is 4.79 Å². The van der Waals surface area contributed by atoms with E-state index in [1.165, 1.54) is 11.9 Å². The smallest absolute Gasteiger partial charge is 0.321 e. The van der Waals surface area contributed by atoms with Gasteiger partial charge in [-0.1, -0.05) is 0 Å². The minimum Gasteiger partial charge on any atom is -0.480 e. The first-order valence-corrected chi connectivity index (χ1v) is 4.84. The minimum atomic E-state index is -1.01. The molecule has 0 aromatic rings. The van der Waals surface area contributed by atoms with Crippen LogP contribution in [0.15, 0.2) is 0 Å². The molecule has 3 amide bonds. The maximum absolute atomic E-state index is 11.3. The molecule has 0 radical (unpaired) electrons.